The molecule has 0 bridgehead atoms. The summed E-state index contributed by atoms with van der Waals surface area (Å²) in [7, 11) is 0. The van der Waals surface area contributed by atoms with Gasteiger partial charge in [0.2, 0.25) is 0 Å². The van der Waals surface area contributed by atoms with Gasteiger partial charge in [0.15, 0.2) is 11.6 Å². The van der Waals surface area contributed by atoms with Crippen LogP contribution in [0.3, 0.4) is 0 Å². The number of aromatic nitrogens is 6. The van der Waals surface area contributed by atoms with Crippen molar-refractivity contribution in [2.75, 3.05) is 13.2 Å². The number of aliphatic hydroxyl groups is 2. The molecule has 76 heavy (non-hydrogen) atoms. The van der Waals surface area contributed by atoms with Gasteiger partial charge in [-0.15, -0.1) is 0 Å². The maximum Gasteiger partial charge on any atom is 0.326 e. The Morgan fingerprint density at radius 1 is 0.592 bits per heavy atom. The van der Waals surface area contributed by atoms with Gasteiger partial charge < -0.3 is 39.4 Å². The summed E-state index contributed by atoms with van der Waals surface area (Å²) in [6.07, 6.45) is 10.7. The largest absolute Gasteiger partial charge is 0.488 e. The molecular weight excluding hydrogens is 1010 g/mol. The van der Waals surface area contributed by atoms with Gasteiger partial charge in [-0.3, -0.25) is 14.9 Å². The molecular formula is C57H57Cl2N7O10. The zero-order chi connectivity index (χ0) is 54.0. The fourth-order valence-electron chi connectivity index (χ4n) is 8.11. The van der Waals surface area contributed by atoms with Crippen LogP contribution in [0.4, 0.5) is 0 Å². The van der Waals surface area contributed by atoms with Gasteiger partial charge in [-0.25, -0.2) is 19.3 Å². The minimum absolute atomic E-state index is 0.0126. The van der Waals surface area contributed by atoms with E-state index >= 15 is 0 Å². The van der Waals surface area contributed by atoms with Crippen LogP contribution in [0.2, 0.25) is 10.0 Å². The molecule has 8 rings (SSSR count). The maximum absolute atomic E-state index is 12.1. The van der Waals surface area contributed by atoms with E-state index in [0.29, 0.717) is 50.8 Å². The number of nitrogens with zero attached hydrogens (tertiary/aromatic N) is 6. The summed E-state index contributed by atoms with van der Waals surface area (Å²) >= 11 is 13.7. The summed E-state index contributed by atoms with van der Waals surface area (Å²) in [5.74, 6) is 0.520. The van der Waals surface area contributed by atoms with E-state index in [1.807, 2.05) is 80.6 Å². The predicted octanol–water partition coefficient (Wildman–Crippen LogP) is 9.70. The molecule has 2 atom stereocenters. The third-order valence-electron chi connectivity index (χ3n) is 13.3. The van der Waals surface area contributed by atoms with Gasteiger partial charge in [0.05, 0.1) is 28.7 Å². The lowest BCUT2D eigenvalue weighted by atomic mass is 9.85. The minimum Gasteiger partial charge on any atom is -0.488 e. The molecule has 0 spiro atoms. The minimum atomic E-state index is -1.62. The summed E-state index contributed by atoms with van der Waals surface area (Å²) in [5, 5.41) is 51.5. The fraction of sp³-hybridized carbons (Fsp3) is 0.263. The second-order valence-corrected chi connectivity index (χ2v) is 19.6. The molecule has 0 fully saturated rings. The van der Waals surface area contributed by atoms with Crippen LogP contribution < -0.4 is 24.3 Å². The third-order valence-corrected chi connectivity index (χ3v) is 13.9. The predicted molar refractivity (Wildman–Crippen MR) is 285 cm³/mol. The smallest absolute Gasteiger partial charge is 0.326 e. The molecule has 4 aromatic carbocycles. The number of aryl methyl sites for hydroxylation is 1. The first-order chi connectivity index (χ1) is 36.6. The Bertz CT molecular complexity index is 3070. The lowest BCUT2D eigenvalue weighted by Gasteiger charge is -2.25. The first-order valence-electron chi connectivity index (χ1n) is 24.2. The van der Waals surface area contributed by atoms with Crippen LogP contribution >= 0.6 is 23.2 Å². The summed E-state index contributed by atoms with van der Waals surface area (Å²) in [6, 6.07) is 29.8. The van der Waals surface area contributed by atoms with Crippen LogP contribution in [-0.2, 0) is 49.0 Å². The number of carbonyl (C=O) groups is 2. The van der Waals surface area contributed by atoms with Crippen molar-refractivity contribution in [2.24, 2.45) is 5.41 Å². The molecule has 5 N–H and O–H groups in total. The van der Waals surface area contributed by atoms with E-state index in [1.54, 1.807) is 76.9 Å². The molecule has 0 amide bonds. The van der Waals surface area contributed by atoms with Crippen LogP contribution in [0.1, 0.15) is 64.8 Å². The topological polar surface area (TPSA) is 225 Å². The van der Waals surface area contributed by atoms with Crippen molar-refractivity contribution < 1.29 is 49.0 Å². The van der Waals surface area contributed by atoms with Crippen molar-refractivity contribution in [3.8, 4) is 45.8 Å². The molecule has 0 radical (unpaired) electrons. The average Bonchev–Trinajstić information content (AvgIpc) is 4.18. The maximum atomic E-state index is 12.1. The number of hydrogen-bond donors (Lipinski definition) is 5. The highest BCUT2D eigenvalue weighted by Crippen LogP contribution is 2.39. The van der Waals surface area contributed by atoms with Crippen LogP contribution in [0.5, 0.6) is 23.0 Å². The number of hydrogen-bond acceptors (Lipinski definition) is 13. The molecule has 0 saturated carbocycles. The average molecular weight is 1070 g/mol. The highest BCUT2D eigenvalue weighted by molar-refractivity contribution is 6.32. The Labute approximate surface area is 449 Å². The van der Waals surface area contributed by atoms with Crippen molar-refractivity contribution >= 4 is 35.1 Å². The van der Waals surface area contributed by atoms with Gasteiger partial charge in [0.25, 0.3) is 0 Å². The van der Waals surface area contributed by atoms with Gasteiger partial charge in [-0.2, -0.15) is 10.2 Å². The number of halogens is 2. The molecule has 0 saturated heterocycles. The number of aliphatic carboxylic acids is 2. The number of rotatable bonds is 25. The molecule has 0 aliphatic carbocycles. The summed E-state index contributed by atoms with van der Waals surface area (Å²) in [4.78, 5) is 33.1. The van der Waals surface area contributed by atoms with Crippen molar-refractivity contribution in [1.82, 2.24) is 34.8 Å². The quantitative estimate of drug-likeness (QED) is 0.0359. The highest BCUT2D eigenvalue weighted by Gasteiger charge is 2.33. The summed E-state index contributed by atoms with van der Waals surface area (Å²) < 4.78 is 28.8. The van der Waals surface area contributed by atoms with Gasteiger partial charge in [0, 0.05) is 72.5 Å². The summed E-state index contributed by atoms with van der Waals surface area (Å²) in [5.41, 5.74) is 5.51. The van der Waals surface area contributed by atoms with E-state index in [4.69, 9.17) is 42.1 Å². The third kappa shape index (κ3) is 12.8. The van der Waals surface area contributed by atoms with Gasteiger partial charge in [0.1, 0.15) is 55.0 Å². The van der Waals surface area contributed by atoms with Gasteiger partial charge in [-0.05, 0) is 116 Å². The van der Waals surface area contributed by atoms with E-state index in [1.165, 1.54) is 13.8 Å². The van der Waals surface area contributed by atoms with Crippen molar-refractivity contribution in [1.29, 1.82) is 0 Å². The Morgan fingerprint density at radius 3 is 1.50 bits per heavy atom. The Hall–Kier alpha value is -7.80. The van der Waals surface area contributed by atoms with E-state index in [9.17, 15) is 30.0 Å². The molecule has 0 aliphatic heterocycles. The van der Waals surface area contributed by atoms with Gasteiger partial charge in [-0.1, -0.05) is 71.7 Å². The van der Waals surface area contributed by atoms with Gasteiger partial charge >= 0.3 is 11.9 Å². The molecule has 17 nitrogen and oxygen atoms in total. The molecule has 4 heterocycles. The second kappa shape index (κ2) is 24.3. The fourth-order valence-corrected chi connectivity index (χ4v) is 8.59. The van der Waals surface area contributed by atoms with Crippen LogP contribution in [0.25, 0.3) is 22.8 Å². The van der Waals surface area contributed by atoms with Crippen molar-refractivity contribution in [2.45, 2.75) is 79.0 Å². The summed E-state index contributed by atoms with van der Waals surface area (Å²) in [6.45, 7) is 6.38. The van der Waals surface area contributed by atoms with E-state index < -0.39 is 36.1 Å². The molecule has 4 aromatic heterocycles. The normalized spacial score (nSPS) is 12.9. The monoisotopic (exact) mass is 1070 g/mol. The number of carboxylic acids is 2. The number of ether oxygens (including phenoxy) is 4. The first kappa shape index (κ1) is 54.5. The lowest BCUT2D eigenvalue weighted by Crippen LogP contribution is -2.52. The zero-order valence-corrected chi connectivity index (χ0v) is 43.8. The van der Waals surface area contributed by atoms with Crippen molar-refractivity contribution in [3.05, 3.63) is 189 Å². The van der Waals surface area contributed by atoms with E-state index in [2.05, 4.69) is 25.5 Å². The van der Waals surface area contributed by atoms with Crippen molar-refractivity contribution in [3.63, 3.8) is 0 Å². The van der Waals surface area contributed by atoms with Crippen LogP contribution in [-0.4, -0.2) is 80.6 Å². The molecule has 0 aliphatic rings. The molecule has 0 unspecified atom stereocenters. The lowest BCUT2D eigenvalue weighted by molar-refractivity contribution is -0.150. The zero-order valence-electron chi connectivity index (χ0n) is 42.2. The Morgan fingerprint density at radius 2 is 1.08 bits per heavy atom. The number of pyridine rings is 2. The second-order valence-electron chi connectivity index (χ2n) is 18.7. The Balaban J connectivity index is 0.988. The SMILES string of the molecule is Cc1c(COc2cc(OCc3ccc(-n4cccn4)nc3)c(CC[C@@](C)(CO)C(=O)O)cc2Cl)cccc1-c1cccc(COc2cc(OCc3ccc(-n4cccn4)nc3)c(CN[C@@](C)(CO)C(=O)O)cc2Cl)c1C. The Kier molecular flexibility index (Phi) is 17.4. The number of carboxylic acid groups (broad SMARTS) is 2. The molecule has 19 heteroatoms. The van der Waals surface area contributed by atoms with Crippen LogP contribution in [0, 0.1) is 19.3 Å². The van der Waals surface area contributed by atoms with Crippen LogP contribution in [0.15, 0.2) is 134 Å². The number of nitrogens with one attached hydrogen (secondary N) is 1. The van der Waals surface area contributed by atoms with E-state index in [0.717, 1.165) is 44.5 Å². The highest BCUT2D eigenvalue weighted by atomic mass is 35.5. The van der Waals surface area contributed by atoms with E-state index in [-0.39, 0.29) is 50.8 Å². The standard InChI is InChI=1S/C57H57Cl2N7O10/c1-36-41(32-75-50-25-48(40(23-46(50)58)17-18-56(3,34-67)54(69)70)73-30-38-13-15-52(60-27-38)65-21-7-19-63-65)9-5-11-44(36)45-12-6-10-42(37(45)2)33-76-51-26-49(43(24-47(51)59)29-62-57(4,35-68)55(71)72)74-31-39-14-16-53(61-28-39)66-22-8-20-64-66/h5-16,19-28,62,67-68H,17-18,29-35H2,1-4H3,(H,69,70)(H,71,72)/t56-,57-/m0/s1. The number of aliphatic hydroxyl groups excluding tert-OH is 2. The molecule has 8 aromatic rings. The first-order valence-corrected chi connectivity index (χ1v) is 25.0. The molecule has 394 valence electrons. The number of benzene rings is 4.